The van der Waals surface area contributed by atoms with Crippen molar-refractivity contribution in [3.8, 4) is 22.6 Å². The lowest BCUT2D eigenvalue weighted by Gasteiger charge is -2.21. The van der Waals surface area contributed by atoms with Crippen molar-refractivity contribution in [1.29, 1.82) is 0 Å². The molecule has 0 spiro atoms. The summed E-state index contributed by atoms with van der Waals surface area (Å²) < 4.78 is 13.6. The van der Waals surface area contributed by atoms with Crippen LogP contribution in [0.25, 0.3) is 32.9 Å². The fourth-order valence-electron chi connectivity index (χ4n) is 3.89. The molecule has 0 bridgehead atoms. The highest BCUT2D eigenvalue weighted by molar-refractivity contribution is 6.08. The van der Waals surface area contributed by atoms with E-state index in [-0.39, 0.29) is 36.5 Å². The molecule has 28 heavy (non-hydrogen) atoms. The van der Waals surface area contributed by atoms with Gasteiger partial charge in [0.05, 0.1) is 17.4 Å². The fourth-order valence-corrected chi connectivity index (χ4v) is 3.89. The molecular weight excluding hydrogens is 465 g/mol. The molecule has 2 heterocycles. The number of hydrogen-bond acceptors (Lipinski definition) is 3. The zero-order valence-corrected chi connectivity index (χ0v) is 17.5. The van der Waals surface area contributed by atoms with E-state index >= 15 is 0 Å². The number of pyridine rings is 1. The normalized spacial score (nSPS) is 11.5. The Morgan fingerprint density at radius 1 is 0.929 bits per heavy atom. The smallest absolute Gasteiger partial charge is 0.372 e. The Bertz CT molecular complexity index is 1220. The number of benzene rings is 3. The number of para-hydroxylation sites is 2. The van der Waals surface area contributed by atoms with Crippen molar-refractivity contribution >= 4 is 27.8 Å². The molecule has 0 N–H and O–H groups in total. The molecule has 0 unspecified atom stereocenters. The predicted octanol–water partition coefficient (Wildman–Crippen LogP) is 1.62. The Morgan fingerprint density at radius 2 is 1.64 bits per heavy atom. The van der Waals surface area contributed by atoms with E-state index in [1.54, 1.807) is 0 Å². The number of aromatic nitrogens is 1. The second kappa shape index (κ2) is 7.39. The van der Waals surface area contributed by atoms with Crippen LogP contribution in [0, 0.1) is 0 Å². The molecule has 0 saturated heterocycles. The van der Waals surface area contributed by atoms with E-state index in [2.05, 4.69) is 12.1 Å². The lowest BCUT2D eigenvalue weighted by atomic mass is 9.95. The molecular formula is C23H18INO3. The summed E-state index contributed by atoms with van der Waals surface area (Å²) in [7, 11) is 0. The van der Waals surface area contributed by atoms with E-state index in [9.17, 15) is 4.79 Å². The summed E-state index contributed by atoms with van der Waals surface area (Å²) in [6.45, 7) is 2.36. The Labute approximate surface area is 179 Å². The Hall–Kier alpha value is -2.67. The number of halogens is 1. The summed E-state index contributed by atoms with van der Waals surface area (Å²) in [6.07, 6.45) is 0. The van der Waals surface area contributed by atoms with E-state index in [1.165, 1.54) is 0 Å². The average molecular weight is 483 g/mol. The van der Waals surface area contributed by atoms with Gasteiger partial charge in [-0.05, 0) is 19.1 Å². The summed E-state index contributed by atoms with van der Waals surface area (Å²) >= 11 is 0. The van der Waals surface area contributed by atoms with Gasteiger partial charge in [-0.25, -0.2) is 4.79 Å². The Kier molecular flexibility index (Phi) is 4.93. The molecule has 3 aromatic carbocycles. The molecule has 4 aromatic rings. The number of carbonyl (C=O) groups excluding carboxylic acids is 1. The van der Waals surface area contributed by atoms with Crippen LogP contribution in [0.15, 0.2) is 66.7 Å². The molecule has 1 aliphatic heterocycles. The van der Waals surface area contributed by atoms with Crippen LogP contribution in [0.1, 0.15) is 6.92 Å². The monoisotopic (exact) mass is 483 g/mol. The standard InChI is InChI=1S/C23H18NO3.HI/c1-2-26-21(25)14-24-18-11-5-3-9-17(18)23-22-16(10-7-12-19(22)24)15-8-4-6-13-20(15)27-23;/h3-13H,2,14H2,1H3;1H/q+1;/p-1. The molecule has 0 fully saturated rings. The van der Waals surface area contributed by atoms with Crippen molar-refractivity contribution in [2.24, 2.45) is 0 Å². The molecule has 5 rings (SSSR count). The van der Waals surface area contributed by atoms with Gasteiger partial charge in [-0.1, -0.05) is 42.5 Å². The van der Waals surface area contributed by atoms with Crippen molar-refractivity contribution < 1.29 is 42.8 Å². The Morgan fingerprint density at radius 3 is 2.50 bits per heavy atom. The van der Waals surface area contributed by atoms with E-state index in [4.69, 9.17) is 9.47 Å². The molecule has 140 valence electrons. The number of fused-ring (bicyclic) bond motifs is 4. The van der Waals surface area contributed by atoms with Gasteiger partial charge >= 0.3 is 5.97 Å². The van der Waals surface area contributed by atoms with Gasteiger partial charge in [0.15, 0.2) is 5.75 Å². The van der Waals surface area contributed by atoms with Crippen molar-refractivity contribution in [1.82, 2.24) is 0 Å². The van der Waals surface area contributed by atoms with Gasteiger partial charge in [0.1, 0.15) is 5.75 Å². The first-order valence-electron chi connectivity index (χ1n) is 9.08. The second-order valence-electron chi connectivity index (χ2n) is 6.54. The lowest BCUT2D eigenvalue weighted by molar-refractivity contribution is -0.633. The quantitative estimate of drug-likeness (QED) is 0.170. The molecule has 5 heteroatoms. The van der Waals surface area contributed by atoms with Gasteiger partial charge in [-0.15, -0.1) is 0 Å². The van der Waals surface area contributed by atoms with Gasteiger partial charge in [0.25, 0.3) is 0 Å². The minimum Gasteiger partial charge on any atom is -1.00 e. The minimum atomic E-state index is -0.245. The average Bonchev–Trinajstić information content (AvgIpc) is 2.71. The van der Waals surface area contributed by atoms with Crippen LogP contribution in [0.5, 0.6) is 11.5 Å². The van der Waals surface area contributed by atoms with E-state index in [1.807, 2.05) is 66.1 Å². The third-order valence-corrected chi connectivity index (χ3v) is 4.98. The minimum absolute atomic E-state index is 0. The number of nitrogens with zero attached hydrogens (tertiary/aromatic N) is 1. The molecule has 1 aromatic heterocycles. The number of hydrogen-bond donors (Lipinski definition) is 0. The third kappa shape index (κ3) is 2.81. The van der Waals surface area contributed by atoms with Crippen LogP contribution in [0.2, 0.25) is 0 Å². The first-order valence-corrected chi connectivity index (χ1v) is 9.08. The van der Waals surface area contributed by atoms with Crippen LogP contribution >= 0.6 is 0 Å². The molecule has 4 nitrogen and oxygen atoms in total. The van der Waals surface area contributed by atoms with Crippen molar-refractivity contribution in [2.45, 2.75) is 13.5 Å². The van der Waals surface area contributed by atoms with E-state index in [0.717, 1.165) is 44.4 Å². The van der Waals surface area contributed by atoms with Crippen LogP contribution in [0.4, 0.5) is 0 Å². The largest absolute Gasteiger partial charge is 1.00 e. The molecule has 1 aliphatic rings. The highest BCUT2D eigenvalue weighted by Gasteiger charge is 2.29. The fraction of sp³-hybridized carbons (Fsp3) is 0.130. The topological polar surface area (TPSA) is 39.4 Å². The zero-order chi connectivity index (χ0) is 18.4. The number of ether oxygens (including phenoxy) is 2. The molecule has 0 atom stereocenters. The summed E-state index contributed by atoms with van der Waals surface area (Å²) in [4.78, 5) is 12.3. The van der Waals surface area contributed by atoms with Crippen molar-refractivity contribution in [2.75, 3.05) is 6.61 Å². The summed E-state index contributed by atoms with van der Waals surface area (Å²) in [5.74, 6) is 1.45. The van der Waals surface area contributed by atoms with Gasteiger partial charge in [-0.3, -0.25) is 0 Å². The van der Waals surface area contributed by atoms with Crippen LogP contribution < -0.4 is 33.3 Å². The maximum absolute atomic E-state index is 12.3. The summed E-state index contributed by atoms with van der Waals surface area (Å²) in [5.41, 5.74) is 4.09. The zero-order valence-electron chi connectivity index (χ0n) is 15.3. The number of rotatable bonds is 3. The molecule has 0 radical (unpaired) electrons. The van der Waals surface area contributed by atoms with Gasteiger partial charge in [0.2, 0.25) is 17.6 Å². The van der Waals surface area contributed by atoms with E-state index < -0.39 is 0 Å². The van der Waals surface area contributed by atoms with Crippen molar-refractivity contribution in [3.05, 3.63) is 66.7 Å². The molecule has 0 aliphatic carbocycles. The Balaban J connectivity index is 0.00000192. The summed E-state index contributed by atoms with van der Waals surface area (Å²) in [6, 6.07) is 22.2. The number of carbonyl (C=O) groups is 1. The maximum atomic E-state index is 12.3. The third-order valence-electron chi connectivity index (χ3n) is 4.98. The predicted molar refractivity (Wildman–Crippen MR) is 104 cm³/mol. The molecule has 0 amide bonds. The van der Waals surface area contributed by atoms with Gasteiger partial charge in [-0.2, -0.15) is 4.57 Å². The summed E-state index contributed by atoms with van der Waals surface area (Å²) in [5, 5.41) is 2.01. The van der Waals surface area contributed by atoms with E-state index in [0.29, 0.717) is 6.61 Å². The van der Waals surface area contributed by atoms with Gasteiger partial charge in [0, 0.05) is 23.3 Å². The first-order chi connectivity index (χ1) is 13.3. The van der Waals surface area contributed by atoms with Crippen LogP contribution in [-0.4, -0.2) is 12.6 Å². The van der Waals surface area contributed by atoms with Crippen LogP contribution in [-0.2, 0) is 16.1 Å². The molecule has 0 saturated carbocycles. The SMILES string of the molecule is CCOC(=O)C[n+]1c2ccccc2c2c3c(cccc31)-c1ccccc1O2.[I-]. The highest BCUT2D eigenvalue weighted by atomic mass is 127. The van der Waals surface area contributed by atoms with Crippen molar-refractivity contribution in [3.63, 3.8) is 0 Å². The van der Waals surface area contributed by atoms with Crippen LogP contribution in [0.3, 0.4) is 0 Å². The maximum Gasteiger partial charge on any atom is 0.372 e. The lowest BCUT2D eigenvalue weighted by Crippen LogP contribution is -3.00. The second-order valence-corrected chi connectivity index (χ2v) is 6.54. The highest BCUT2D eigenvalue weighted by Crippen LogP contribution is 2.47. The first kappa shape index (κ1) is 18.7. The number of esters is 1. The van der Waals surface area contributed by atoms with Gasteiger partial charge < -0.3 is 33.5 Å².